The number of nitrogens with two attached hydrogens (primary N) is 1. The van der Waals surface area contributed by atoms with E-state index >= 15 is 0 Å². The van der Waals surface area contributed by atoms with Gasteiger partial charge in [-0.3, -0.25) is 9.59 Å². The van der Waals surface area contributed by atoms with Crippen LogP contribution in [0.5, 0.6) is 0 Å². The second-order valence-corrected chi connectivity index (χ2v) is 5.04. The van der Waals surface area contributed by atoms with Crippen molar-refractivity contribution >= 4 is 23.2 Å². The molecule has 1 atom stereocenters. The summed E-state index contributed by atoms with van der Waals surface area (Å²) in [5, 5.41) is 5.61. The maximum atomic E-state index is 11.9. The van der Waals surface area contributed by atoms with Crippen LogP contribution < -0.4 is 21.3 Å². The fraction of sp³-hybridized carbons (Fsp3) is 0.467. The first-order chi connectivity index (χ1) is 10.1. The summed E-state index contributed by atoms with van der Waals surface area (Å²) in [6.07, 6.45) is 0.712. The zero-order chi connectivity index (χ0) is 15.4. The number of piperazine rings is 1. The molecule has 0 bridgehead atoms. The molecular formula is C15H22N4O2. The van der Waals surface area contributed by atoms with Gasteiger partial charge in [-0.25, -0.2) is 0 Å². The fourth-order valence-corrected chi connectivity index (χ4v) is 2.63. The molecule has 1 unspecified atom stereocenters. The molecule has 0 spiro atoms. The predicted octanol–water partition coefficient (Wildman–Crippen LogP) is 0.733. The Bertz CT molecular complexity index is 544. The quantitative estimate of drug-likeness (QED) is 0.714. The molecule has 1 aromatic carbocycles. The standard InChI is InChI=1S/C15H22N4O2/c1-3-12-15(21)18-7-8-19(12)13-6-5-10(9-11(13)16)14(20)17-4-2/h5-6,9,12H,3-4,7-8,16H2,1-2H3,(H,17,20)(H,18,21). The number of amides is 2. The summed E-state index contributed by atoms with van der Waals surface area (Å²) in [5.74, 6) is -0.116. The SMILES string of the molecule is CCNC(=O)c1ccc(N2CCNC(=O)C2CC)c(N)c1. The highest BCUT2D eigenvalue weighted by atomic mass is 16.2. The summed E-state index contributed by atoms with van der Waals surface area (Å²) < 4.78 is 0. The number of hydrogen-bond donors (Lipinski definition) is 3. The van der Waals surface area contributed by atoms with Gasteiger partial charge in [-0.15, -0.1) is 0 Å². The molecule has 1 aromatic rings. The lowest BCUT2D eigenvalue weighted by Crippen LogP contribution is -2.55. The van der Waals surface area contributed by atoms with Crippen molar-refractivity contribution in [2.24, 2.45) is 0 Å². The van der Waals surface area contributed by atoms with Crippen LogP contribution in [0.1, 0.15) is 30.6 Å². The molecule has 1 heterocycles. The highest BCUT2D eigenvalue weighted by Gasteiger charge is 2.29. The average Bonchev–Trinajstić information content (AvgIpc) is 2.47. The van der Waals surface area contributed by atoms with E-state index in [1.807, 2.05) is 24.8 Å². The number of hydrogen-bond acceptors (Lipinski definition) is 4. The molecule has 4 N–H and O–H groups in total. The van der Waals surface area contributed by atoms with E-state index in [0.29, 0.717) is 30.8 Å². The molecule has 6 heteroatoms. The van der Waals surface area contributed by atoms with Gasteiger partial charge >= 0.3 is 0 Å². The van der Waals surface area contributed by atoms with Crippen molar-refractivity contribution in [3.63, 3.8) is 0 Å². The zero-order valence-corrected chi connectivity index (χ0v) is 12.5. The minimum Gasteiger partial charge on any atom is -0.397 e. The van der Waals surface area contributed by atoms with Crippen LogP contribution in [0, 0.1) is 0 Å². The molecule has 21 heavy (non-hydrogen) atoms. The minimum atomic E-state index is -0.212. The average molecular weight is 290 g/mol. The van der Waals surface area contributed by atoms with Gasteiger partial charge in [0.1, 0.15) is 6.04 Å². The number of nitrogens with zero attached hydrogens (tertiary/aromatic N) is 1. The first kappa shape index (κ1) is 15.2. The van der Waals surface area contributed by atoms with Gasteiger partial charge < -0.3 is 21.3 Å². The summed E-state index contributed by atoms with van der Waals surface area (Å²) in [6.45, 7) is 5.74. The molecule has 6 nitrogen and oxygen atoms in total. The van der Waals surface area contributed by atoms with Crippen LogP contribution in [0.3, 0.4) is 0 Å². The molecule has 0 aromatic heterocycles. The van der Waals surface area contributed by atoms with Gasteiger partial charge in [-0.05, 0) is 31.5 Å². The van der Waals surface area contributed by atoms with Crippen molar-refractivity contribution in [2.45, 2.75) is 26.3 Å². The number of rotatable bonds is 4. The third-order valence-electron chi connectivity index (χ3n) is 3.65. The van der Waals surface area contributed by atoms with Crippen LogP contribution in [0.15, 0.2) is 18.2 Å². The zero-order valence-electron chi connectivity index (χ0n) is 12.5. The normalized spacial score (nSPS) is 18.3. The van der Waals surface area contributed by atoms with E-state index in [0.717, 1.165) is 12.2 Å². The molecule has 2 rings (SSSR count). The number of carbonyl (C=O) groups excluding carboxylic acids is 2. The molecule has 1 aliphatic heterocycles. The maximum absolute atomic E-state index is 11.9. The maximum Gasteiger partial charge on any atom is 0.251 e. The van der Waals surface area contributed by atoms with Gasteiger partial charge in [0.15, 0.2) is 0 Å². The number of benzene rings is 1. The van der Waals surface area contributed by atoms with E-state index in [1.165, 1.54) is 0 Å². The van der Waals surface area contributed by atoms with Crippen LogP contribution in [0.2, 0.25) is 0 Å². The van der Waals surface area contributed by atoms with Crippen LogP contribution >= 0.6 is 0 Å². The molecule has 114 valence electrons. The molecular weight excluding hydrogens is 268 g/mol. The van der Waals surface area contributed by atoms with Gasteiger partial charge in [0.25, 0.3) is 5.91 Å². The van der Waals surface area contributed by atoms with Crippen molar-refractivity contribution < 1.29 is 9.59 Å². The topological polar surface area (TPSA) is 87.5 Å². The molecule has 0 aliphatic carbocycles. The minimum absolute atomic E-state index is 0.0240. The van der Waals surface area contributed by atoms with Gasteiger partial charge in [0.2, 0.25) is 5.91 Å². The Morgan fingerprint density at radius 2 is 2.24 bits per heavy atom. The van der Waals surface area contributed by atoms with E-state index in [9.17, 15) is 9.59 Å². The van der Waals surface area contributed by atoms with Gasteiger partial charge in [0.05, 0.1) is 11.4 Å². The summed E-state index contributed by atoms with van der Waals surface area (Å²) >= 11 is 0. The monoisotopic (exact) mass is 290 g/mol. The fourth-order valence-electron chi connectivity index (χ4n) is 2.63. The lowest BCUT2D eigenvalue weighted by molar-refractivity contribution is -0.123. The largest absolute Gasteiger partial charge is 0.397 e. The molecule has 1 fully saturated rings. The summed E-state index contributed by atoms with van der Waals surface area (Å²) in [5.41, 5.74) is 7.96. The number of nitrogen functional groups attached to an aromatic ring is 1. The molecule has 2 amide bonds. The van der Waals surface area contributed by atoms with E-state index < -0.39 is 0 Å². The van der Waals surface area contributed by atoms with Gasteiger partial charge in [-0.1, -0.05) is 6.92 Å². The van der Waals surface area contributed by atoms with Crippen LogP contribution in [-0.2, 0) is 4.79 Å². The Morgan fingerprint density at radius 1 is 1.48 bits per heavy atom. The van der Waals surface area contributed by atoms with Crippen molar-refractivity contribution in [2.75, 3.05) is 30.3 Å². The second-order valence-electron chi connectivity index (χ2n) is 5.04. The number of anilines is 2. The molecule has 0 saturated carbocycles. The van der Waals surface area contributed by atoms with Crippen LogP contribution in [0.4, 0.5) is 11.4 Å². The first-order valence-electron chi connectivity index (χ1n) is 7.30. The summed E-state index contributed by atoms with van der Waals surface area (Å²) in [6, 6.07) is 5.02. The summed E-state index contributed by atoms with van der Waals surface area (Å²) in [4.78, 5) is 25.7. The predicted molar refractivity (Wildman–Crippen MR) is 83.3 cm³/mol. The number of carbonyl (C=O) groups is 2. The summed E-state index contributed by atoms with van der Waals surface area (Å²) in [7, 11) is 0. The van der Waals surface area contributed by atoms with Crippen LogP contribution in [-0.4, -0.2) is 37.5 Å². The molecule has 0 radical (unpaired) electrons. The third-order valence-corrected chi connectivity index (χ3v) is 3.65. The lowest BCUT2D eigenvalue weighted by Gasteiger charge is -2.37. The van der Waals surface area contributed by atoms with Gasteiger partial charge in [-0.2, -0.15) is 0 Å². The van der Waals surface area contributed by atoms with E-state index in [2.05, 4.69) is 10.6 Å². The Hall–Kier alpha value is -2.24. The first-order valence-corrected chi connectivity index (χ1v) is 7.30. The smallest absolute Gasteiger partial charge is 0.251 e. The van der Waals surface area contributed by atoms with Crippen molar-refractivity contribution in [3.8, 4) is 0 Å². The molecule has 1 saturated heterocycles. The Balaban J connectivity index is 2.27. The van der Waals surface area contributed by atoms with E-state index in [4.69, 9.17) is 5.73 Å². The van der Waals surface area contributed by atoms with Crippen molar-refractivity contribution in [3.05, 3.63) is 23.8 Å². The molecule has 1 aliphatic rings. The van der Waals surface area contributed by atoms with Gasteiger partial charge in [0, 0.05) is 25.2 Å². The van der Waals surface area contributed by atoms with Crippen LogP contribution in [0.25, 0.3) is 0 Å². The Kier molecular flexibility index (Phi) is 4.67. The lowest BCUT2D eigenvalue weighted by atomic mass is 10.1. The Labute approximate surface area is 124 Å². The second kappa shape index (κ2) is 6.47. The highest BCUT2D eigenvalue weighted by molar-refractivity contribution is 5.96. The van der Waals surface area contributed by atoms with Crippen molar-refractivity contribution in [1.82, 2.24) is 10.6 Å². The van der Waals surface area contributed by atoms with Crippen molar-refractivity contribution in [1.29, 1.82) is 0 Å². The van der Waals surface area contributed by atoms with E-state index in [1.54, 1.807) is 12.1 Å². The highest BCUT2D eigenvalue weighted by Crippen LogP contribution is 2.28. The van der Waals surface area contributed by atoms with E-state index in [-0.39, 0.29) is 17.9 Å². The third kappa shape index (κ3) is 3.09. The number of nitrogens with one attached hydrogen (secondary N) is 2. The Morgan fingerprint density at radius 3 is 2.86 bits per heavy atom.